The number of hydrogen-bond donors (Lipinski definition) is 2. The van der Waals surface area contributed by atoms with Gasteiger partial charge < -0.3 is 14.9 Å². The predicted octanol–water partition coefficient (Wildman–Crippen LogP) is 3.01. The van der Waals surface area contributed by atoms with Crippen molar-refractivity contribution in [3.63, 3.8) is 0 Å². The van der Waals surface area contributed by atoms with Crippen LogP contribution in [-0.4, -0.2) is 17.3 Å². The SMILES string of the molecule is CCCC(C)c1ccc(O)c(O)c1OC. The normalized spacial score (nSPS) is 12.5. The van der Waals surface area contributed by atoms with Crippen molar-refractivity contribution >= 4 is 0 Å². The Morgan fingerprint density at radius 2 is 2.00 bits per heavy atom. The Morgan fingerprint density at radius 1 is 1.33 bits per heavy atom. The van der Waals surface area contributed by atoms with Gasteiger partial charge in [-0.1, -0.05) is 26.3 Å². The van der Waals surface area contributed by atoms with E-state index in [1.807, 2.05) is 0 Å². The number of aromatic hydroxyl groups is 2. The highest BCUT2D eigenvalue weighted by molar-refractivity contribution is 5.55. The van der Waals surface area contributed by atoms with Crippen LogP contribution in [0.25, 0.3) is 0 Å². The van der Waals surface area contributed by atoms with Crippen LogP contribution in [0.15, 0.2) is 12.1 Å². The van der Waals surface area contributed by atoms with Crippen molar-refractivity contribution in [1.29, 1.82) is 0 Å². The van der Waals surface area contributed by atoms with Crippen LogP contribution in [0.1, 0.15) is 38.2 Å². The van der Waals surface area contributed by atoms with Crippen LogP contribution in [0.3, 0.4) is 0 Å². The molecule has 0 bridgehead atoms. The number of rotatable bonds is 4. The first-order chi connectivity index (χ1) is 7.11. The standard InChI is InChI=1S/C12H18O3/c1-4-5-8(2)9-6-7-10(13)11(14)12(9)15-3/h6-8,13-14H,4-5H2,1-3H3. The maximum absolute atomic E-state index is 9.62. The lowest BCUT2D eigenvalue weighted by molar-refractivity contribution is 0.345. The van der Waals surface area contributed by atoms with Gasteiger partial charge >= 0.3 is 0 Å². The fourth-order valence-electron chi connectivity index (χ4n) is 1.77. The molecule has 0 radical (unpaired) electrons. The molecule has 0 fully saturated rings. The Kier molecular flexibility index (Phi) is 3.83. The number of benzene rings is 1. The van der Waals surface area contributed by atoms with E-state index in [2.05, 4.69) is 13.8 Å². The van der Waals surface area contributed by atoms with E-state index >= 15 is 0 Å². The minimum atomic E-state index is -0.169. The van der Waals surface area contributed by atoms with Crippen LogP contribution in [-0.2, 0) is 0 Å². The zero-order valence-electron chi connectivity index (χ0n) is 9.45. The predicted molar refractivity (Wildman–Crippen MR) is 59.6 cm³/mol. The molecule has 0 aliphatic rings. The molecule has 1 rings (SSSR count). The summed E-state index contributed by atoms with van der Waals surface area (Å²) >= 11 is 0. The second-order valence-corrected chi connectivity index (χ2v) is 3.75. The van der Waals surface area contributed by atoms with Crippen LogP contribution in [0.4, 0.5) is 0 Å². The van der Waals surface area contributed by atoms with Crippen LogP contribution < -0.4 is 4.74 Å². The molecule has 0 aliphatic carbocycles. The Balaban J connectivity index is 3.12. The number of ether oxygens (including phenoxy) is 1. The van der Waals surface area contributed by atoms with Gasteiger partial charge in [-0.05, 0) is 18.4 Å². The van der Waals surface area contributed by atoms with Gasteiger partial charge in [-0.15, -0.1) is 0 Å². The van der Waals surface area contributed by atoms with Crippen molar-refractivity contribution < 1.29 is 14.9 Å². The first-order valence-electron chi connectivity index (χ1n) is 5.20. The van der Waals surface area contributed by atoms with Gasteiger partial charge in [0.15, 0.2) is 11.5 Å². The van der Waals surface area contributed by atoms with Gasteiger partial charge in [0.2, 0.25) is 5.75 Å². The summed E-state index contributed by atoms with van der Waals surface area (Å²) in [5.74, 6) is 0.393. The van der Waals surface area contributed by atoms with Crippen molar-refractivity contribution in [1.82, 2.24) is 0 Å². The maximum Gasteiger partial charge on any atom is 0.200 e. The van der Waals surface area contributed by atoms with Gasteiger partial charge in [0.1, 0.15) is 0 Å². The van der Waals surface area contributed by atoms with E-state index in [0.29, 0.717) is 11.7 Å². The van der Waals surface area contributed by atoms with Gasteiger partial charge in [-0.2, -0.15) is 0 Å². The largest absolute Gasteiger partial charge is 0.504 e. The molecular weight excluding hydrogens is 192 g/mol. The Hall–Kier alpha value is -1.38. The van der Waals surface area contributed by atoms with E-state index in [0.717, 1.165) is 18.4 Å². The molecule has 1 aromatic rings. The molecule has 3 nitrogen and oxygen atoms in total. The number of phenols is 2. The number of methoxy groups -OCH3 is 1. The summed E-state index contributed by atoms with van der Waals surface area (Å²) in [6.07, 6.45) is 2.10. The summed E-state index contributed by atoms with van der Waals surface area (Å²) in [6.45, 7) is 4.20. The van der Waals surface area contributed by atoms with E-state index in [-0.39, 0.29) is 11.5 Å². The molecule has 0 heterocycles. The van der Waals surface area contributed by atoms with Crippen LogP contribution >= 0.6 is 0 Å². The monoisotopic (exact) mass is 210 g/mol. The first kappa shape index (κ1) is 11.7. The first-order valence-corrected chi connectivity index (χ1v) is 5.20. The molecule has 2 N–H and O–H groups in total. The zero-order chi connectivity index (χ0) is 11.4. The molecular formula is C12H18O3. The van der Waals surface area contributed by atoms with Crippen LogP contribution in [0.5, 0.6) is 17.2 Å². The Morgan fingerprint density at radius 3 is 2.53 bits per heavy atom. The fraction of sp³-hybridized carbons (Fsp3) is 0.500. The van der Waals surface area contributed by atoms with E-state index in [1.54, 1.807) is 6.07 Å². The Labute approximate surface area is 90.3 Å². The van der Waals surface area contributed by atoms with Crippen molar-refractivity contribution in [2.24, 2.45) is 0 Å². The Bertz CT molecular complexity index is 334. The average Bonchev–Trinajstić information content (AvgIpc) is 2.22. The summed E-state index contributed by atoms with van der Waals surface area (Å²) in [5.41, 5.74) is 0.939. The molecule has 1 atom stereocenters. The topological polar surface area (TPSA) is 49.7 Å². The lowest BCUT2D eigenvalue weighted by atomic mass is 9.95. The highest BCUT2D eigenvalue weighted by Crippen LogP contribution is 2.41. The quantitative estimate of drug-likeness (QED) is 0.751. The van der Waals surface area contributed by atoms with Crippen LogP contribution in [0.2, 0.25) is 0 Å². The van der Waals surface area contributed by atoms with E-state index in [9.17, 15) is 10.2 Å². The van der Waals surface area contributed by atoms with Gasteiger partial charge in [0.25, 0.3) is 0 Å². The maximum atomic E-state index is 9.62. The molecule has 0 saturated heterocycles. The van der Waals surface area contributed by atoms with Crippen LogP contribution in [0, 0.1) is 0 Å². The third-order valence-corrected chi connectivity index (χ3v) is 2.60. The second-order valence-electron chi connectivity index (χ2n) is 3.75. The zero-order valence-corrected chi connectivity index (χ0v) is 9.45. The molecule has 84 valence electrons. The van der Waals surface area contributed by atoms with Gasteiger partial charge in [0, 0.05) is 5.56 Å². The van der Waals surface area contributed by atoms with E-state index in [4.69, 9.17) is 4.74 Å². The van der Waals surface area contributed by atoms with Gasteiger partial charge in [-0.25, -0.2) is 0 Å². The molecule has 15 heavy (non-hydrogen) atoms. The lowest BCUT2D eigenvalue weighted by Crippen LogP contribution is -1.97. The van der Waals surface area contributed by atoms with Crippen molar-refractivity contribution in [3.05, 3.63) is 17.7 Å². The molecule has 0 aliphatic heterocycles. The number of hydrogen-bond acceptors (Lipinski definition) is 3. The lowest BCUT2D eigenvalue weighted by Gasteiger charge is -2.16. The highest BCUT2D eigenvalue weighted by Gasteiger charge is 2.16. The van der Waals surface area contributed by atoms with Crippen molar-refractivity contribution in [3.8, 4) is 17.2 Å². The summed E-state index contributed by atoms with van der Waals surface area (Å²) in [6, 6.07) is 3.30. The third-order valence-electron chi connectivity index (χ3n) is 2.60. The molecule has 0 amide bonds. The van der Waals surface area contributed by atoms with Gasteiger partial charge in [0.05, 0.1) is 7.11 Å². The van der Waals surface area contributed by atoms with Crippen molar-refractivity contribution in [2.45, 2.75) is 32.6 Å². The van der Waals surface area contributed by atoms with Crippen molar-refractivity contribution in [2.75, 3.05) is 7.11 Å². The molecule has 3 heteroatoms. The van der Waals surface area contributed by atoms with E-state index in [1.165, 1.54) is 13.2 Å². The smallest absolute Gasteiger partial charge is 0.200 e. The summed E-state index contributed by atoms with van der Waals surface area (Å²) < 4.78 is 5.11. The molecule has 1 aromatic carbocycles. The highest BCUT2D eigenvalue weighted by atomic mass is 16.5. The average molecular weight is 210 g/mol. The van der Waals surface area contributed by atoms with E-state index < -0.39 is 0 Å². The molecule has 0 aromatic heterocycles. The fourth-order valence-corrected chi connectivity index (χ4v) is 1.77. The summed E-state index contributed by atoms with van der Waals surface area (Å²) in [4.78, 5) is 0. The number of phenolic OH excluding ortho intramolecular Hbond substituents is 2. The van der Waals surface area contributed by atoms with Gasteiger partial charge in [-0.3, -0.25) is 0 Å². The minimum absolute atomic E-state index is 0.140. The summed E-state index contributed by atoms with van der Waals surface area (Å²) in [5, 5.41) is 19.0. The molecule has 0 saturated carbocycles. The third kappa shape index (κ3) is 2.35. The summed E-state index contributed by atoms with van der Waals surface area (Å²) in [7, 11) is 1.50. The molecule has 0 spiro atoms. The molecule has 1 unspecified atom stereocenters. The minimum Gasteiger partial charge on any atom is -0.504 e. The second kappa shape index (κ2) is 4.91.